The number of carbonyl (C=O) groups is 1. The van der Waals surface area contributed by atoms with Crippen molar-refractivity contribution in [2.24, 2.45) is 4.99 Å². The molecular weight excluding hydrogens is 218 g/mol. The molecule has 0 bridgehead atoms. The maximum absolute atomic E-state index is 11.1. The number of ether oxygens (including phenoxy) is 1. The zero-order chi connectivity index (χ0) is 12.5. The van der Waals surface area contributed by atoms with Crippen LogP contribution < -0.4 is 0 Å². The Bertz CT molecular complexity index is 459. The van der Waals surface area contributed by atoms with Crippen LogP contribution >= 0.6 is 0 Å². The predicted octanol–water partition coefficient (Wildman–Crippen LogP) is 2.62. The first-order valence-corrected chi connectivity index (χ1v) is 5.26. The molecule has 88 valence electrons. The van der Waals surface area contributed by atoms with Crippen LogP contribution in [0.2, 0.25) is 0 Å². The van der Waals surface area contributed by atoms with Crippen molar-refractivity contribution in [1.82, 2.24) is 0 Å². The van der Waals surface area contributed by atoms with E-state index in [1.807, 2.05) is 6.07 Å². The second-order valence-corrected chi connectivity index (χ2v) is 3.21. The SMILES string of the molecule is CCOC(=O)CC=Cc1cccc(N=C=O)c1. The first-order chi connectivity index (χ1) is 8.26. The lowest BCUT2D eigenvalue weighted by Gasteiger charge is -1.97. The zero-order valence-corrected chi connectivity index (χ0v) is 9.55. The molecule has 0 aliphatic heterocycles. The molecule has 0 aliphatic rings. The van der Waals surface area contributed by atoms with Gasteiger partial charge in [-0.1, -0.05) is 24.3 Å². The highest BCUT2D eigenvalue weighted by molar-refractivity contribution is 5.72. The summed E-state index contributed by atoms with van der Waals surface area (Å²) < 4.78 is 4.78. The molecule has 4 heteroatoms. The fraction of sp³-hybridized carbons (Fsp3) is 0.231. The maximum atomic E-state index is 11.1. The third-order valence-electron chi connectivity index (χ3n) is 1.95. The minimum absolute atomic E-state index is 0.231. The number of hydrogen-bond acceptors (Lipinski definition) is 4. The summed E-state index contributed by atoms with van der Waals surface area (Å²) in [6, 6.07) is 7.06. The van der Waals surface area contributed by atoms with Crippen LogP contribution in [0.3, 0.4) is 0 Å². The average molecular weight is 231 g/mol. The molecule has 0 spiro atoms. The molecule has 0 N–H and O–H groups in total. The Morgan fingerprint density at radius 3 is 3.06 bits per heavy atom. The van der Waals surface area contributed by atoms with E-state index in [2.05, 4.69) is 4.99 Å². The van der Waals surface area contributed by atoms with Gasteiger partial charge in [0.25, 0.3) is 0 Å². The number of benzene rings is 1. The van der Waals surface area contributed by atoms with E-state index in [1.54, 1.807) is 37.3 Å². The van der Waals surface area contributed by atoms with Crippen LogP contribution in [-0.2, 0) is 14.3 Å². The van der Waals surface area contributed by atoms with Crippen molar-refractivity contribution in [1.29, 1.82) is 0 Å². The molecule has 1 aromatic carbocycles. The molecule has 0 saturated carbocycles. The van der Waals surface area contributed by atoms with Crippen LogP contribution in [0, 0.1) is 0 Å². The van der Waals surface area contributed by atoms with Crippen LogP contribution in [0.15, 0.2) is 35.3 Å². The van der Waals surface area contributed by atoms with Gasteiger partial charge in [0, 0.05) is 0 Å². The minimum atomic E-state index is -0.259. The summed E-state index contributed by atoms with van der Waals surface area (Å²) in [5.74, 6) is -0.259. The summed E-state index contributed by atoms with van der Waals surface area (Å²) >= 11 is 0. The van der Waals surface area contributed by atoms with Crippen LogP contribution in [0.25, 0.3) is 6.08 Å². The Morgan fingerprint density at radius 1 is 1.53 bits per heavy atom. The van der Waals surface area contributed by atoms with E-state index >= 15 is 0 Å². The van der Waals surface area contributed by atoms with Gasteiger partial charge in [-0.3, -0.25) is 4.79 Å². The van der Waals surface area contributed by atoms with Gasteiger partial charge in [0.1, 0.15) is 0 Å². The van der Waals surface area contributed by atoms with E-state index in [4.69, 9.17) is 4.74 Å². The van der Waals surface area contributed by atoms with Crippen molar-refractivity contribution in [3.63, 3.8) is 0 Å². The summed E-state index contributed by atoms with van der Waals surface area (Å²) in [7, 11) is 0. The Hall–Kier alpha value is -2.19. The minimum Gasteiger partial charge on any atom is -0.466 e. The first-order valence-electron chi connectivity index (χ1n) is 5.26. The smallest absolute Gasteiger partial charge is 0.309 e. The van der Waals surface area contributed by atoms with E-state index in [9.17, 15) is 9.59 Å². The maximum Gasteiger partial charge on any atom is 0.309 e. The highest BCUT2D eigenvalue weighted by atomic mass is 16.5. The standard InChI is InChI=1S/C13H13NO3/c1-2-17-13(16)8-4-6-11-5-3-7-12(9-11)14-10-15/h3-7,9H,2,8H2,1H3. The molecule has 0 atom stereocenters. The number of aliphatic imine (C=N–C) groups is 1. The monoisotopic (exact) mass is 231 g/mol. The fourth-order valence-corrected chi connectivity index (χ4v) is 1.26. The van der Waals surface area contributed by atoms with E-state index < -0.39 is 0 Å². The molecule has 1 rings (SSSR count). The van der Waals surface area contributed by atoms with Gasteiger partial charge in [-0.25, -0.2) is 4.79 Å². The zero-order valence-electron chi connectivity index (χ0n) is 9.55. The summed E-state index contributed by atoms with van der Waals surface area (Å²) in [4.78, 5) is 24.7. The second kappa shape index (κ2) is 7.14. The molecule has 1 aromatic rings. The van der Waals surface area contributed by atoms with Gasteiger partial charge >= 0.3 is 5.97 Å². The van der Waals surface area contributed by atoms with Crippen LogP contribution in [0.1, 0.15) is 18.9 Å². The van der Waals surface area contributed by atoms with Gasteiger partial charge in [0.15, 0.2) is 0 Å². The molecule has 0 amide bonds. The molecule has 17 heavy (non-hydrogen) atoms. The van der Waals surface area contributed by atoms with E-state index in [-0.39, 0.29) is 12.4 Å². The van der Waals surface area contributed by atoms with Gasteiger partial charge in [-0.05, 0) is 24.6 Å². The number of nitrogens with zero attached hydrogens (tertiary/aromatic N) is 1. The average Bonchev–Trinajstić information content (AvgIpc) is 2.30. The van der Waals surface area contributed by atoms with Crippen molar-refractivity contribution in [3.05, 3.63) is 35.9 Å². The number of rotatable bonds is 5. The number of isocyanates is 1. The van der Waals surface area contributed by atoms with Crippen LogP contribution in [-0.4, -0.2) is 18.7 Å². The second-order valence-electron chi connectivity index (χ2n) is 3.21. The lowest BCUT2D eigenvalue weighted by atomic mass is 10.2. The normalized spacial score (nSPS) is 9.94. The molecule has 0 saturated heterocycles. The molecular formula is C13H13NO3. The summed E-state index contributed by atoms with van der Waals surface area (Å²) in [5, 5.41) is 0. The molecule has 0 fully saturated rings. The lowest BCUT2D eigenvalue weighted by Crippen LogP contribution is -2.01. The highest BCUT2D eigenvalue weighted by Crippen LogP contribution is 2.14. The van der Waals surface area contributed by atoms with Crippen LogP contribution in [0.4, 0.5) is 5.69 Å². The number of hydrogen-bond donors (Lipinski definition) is 0. The molecule has 0 heterocycles. The van der Waals surface area contributed by atoms with Crippen molar-refractivity contribution < 1.29 is 14.3 Å². The van der Waals surface area contributed by atoms with Crippen molar-refractivity contribution >= 4 is 23.8 Å². The number of esters is 1. The Morgan fingerprint density at radius 2 is 2.35 bits per heavy atom. The molecule has 4 nitrogen and oxygen atoms in total. The quantitative estimate of drug-likeness (QED) is 0.444. The van der Waals surface area contributed by atoms with E-state index in [0.717, 1.165) is 5.56 Å². The van der Waals surface area contributed by atoms with Gasteiger partial charge in [-0.2, -0.15) is 4.99 Å². The van der Waals surface area contributed by atoms with Gasteiger partial charge in [0.05, 0.1) is 18.7 Å². The first kappa shape index (κ1) is 12.9. The van der Waals surface area contributed by atoms with Crippen molar-refractivity contribution in [3.8, 4) is 0 Å². The number of carbonyl (C=O) groups excluding carboxylic acids is 2. The van der Waals surface area contributed by atoms with Gasteiger partial charge in [0.2, 0.25) is 6.08 Å². The Balaban J connectivity index is 2.62. The topological polar surface area (TPSA) is 55.7 Å². The molecule has 0 unspecified atom stereocenters. The molecule has 0 radical (unpaired) electrons. The summed E-state index contributed by atoms with van der Waals surface area (Å²) in [6.45, 7) is 2.15. The third kappa shape index (κ3) is 4.91. The molecule has 0 aromatic heterocycles. The van der Waals surface area contributed by atoms with Crippen molar-refractivity contribution in [2.45, 2.75) is 13.3 Å². The highest BCUT2D eigenvalue weighted by Gasteiger charge is 1.96. The van der Waals surface area contributed by atoms with Gasteiger partial charge < -0.3 is 4.74 Å². The Kier molecular flexibility index (Phi) is 5.41. The largest absolute Gasteiger partial charge is 0.466 e. The molecule has 0 aliphatic carbocycles. The lowest BCUT2D eigenvalue weighted by molar-refractivity contribution is -0.142. The Labute approximate surface area is 99.6 Å². The third-order valence-corrected chi connectivity index (χ3v) is 1.95. The summed E-state index contributed by atoms with van der Waals surface area (Å²) in [5.41, 5.74) is 1.41. The van der Waals surface area contributed by atoms with Crippen molar-refractivity contribution in [2.75, 3.05) is 6.61 Å². The fourth-order valence-electron chi connectivity index (χ4n) is 1.26. The predicted molar refractivity (Wildman–Crippen MR) is 64.5 cm³/mol. The van der Waals surface area contributed by atoms with E-state index in [1.165, 1.54) is 6.08 Å². The van der Waals surface area contributed by atoms with Gasteiger partial charge in [-0.15, -0.1) is 0 Å². The van der Waals surface area contributed by atoms with E-state index in [0.29, 0.717) is 12.3 Å². The van der Waals surface area contributed by atoms with Crippen LogP contribution in [0.5, 0.6) is 0 Å². The summed E-state index contributed by atoms with van der Waals surface area (Å²) in [6.07, 6.45) is 5.20.